The number of hydrogen-bond donors (Lipinski definition) is 1. The minimum Gasteiger partial charge on any atom is -0.388 e. The molecule has 0 bridgehead atoms. The Morgan fingerprint density at radius 1 is 1.56 bits per heavy atom. The van der Waals surface area contributed by atoms with Crippen LogP contribution in [0, 0.1) is 5.92 Å². The summed E-state index contributed by atoms with van der Waals surface area (Å²) in [7, 11) is 1.57. The minimum atomic E-state index is -0.481. The van der Waals surface area contributed by atoms with Crippen LogP contribution < -0.4 is 0 Å². The zero-order valence-corrected chi connectivity index (χ0v) is 10.6. The van der Waals surface area contributed by atoms with Gasteiger partial charge in [-0.15, -0.1) is 0 Å². The van der Waals surface area contributed by atoms with Crippen molar-refractivity contribution in [3.8, 4) is 0 Å². The fourth-order valence-electron chi connectivity index (χ4n) is 2.14. The summed E-state index contributed by atoms with van der Waals surface area (Å²) in [4.78, 5) is 0. The first-order chi connectivity index (χ1) is 7.58. The predicted molar refractivity (Wildman–Crippen MR) is 64.1 cm³/mol. The molecule has 1 saturated heterocycles. The van der Waals surface area contributed by atoms with Crippen LogP contribution in [0.2, 0.25) is 0 Å². The lowest BCUT2D eigenvalue weighted by molar-refractivity contribution is -0.231. The molecule has 0 aromatic heterocycles. The maximum atomic E-state index is 9.61. The van der Waals surface area contributed by atoms with Gasteiger partial charge in [0, 0.05) is 7.11 Å². The molecule has 3 heteroatoms. The Kier molecular flexibility index (Phi) is 5.46. The third-order valence-corrected chi connectivity index (χ3v) is 3.42. The maximum Gasteiger partial charge on any atom is 0.183 e. The summed E-state index contributed by atoms with van der Waals surface area (Å²) in [5, 5.41) is 9.61. The molecule has 0 aromatic carbocycles. The molecule has 1 heterocycles. The van der Waals surface area contributed by atoms with E-state index in [4.69, 9.17) is 9.47 Å². The quantitative estimate of drug-likeness (QED) is 0.735. The fourth-order valence-corrected chi connectivity index (χ4v) is 2.14. The van der Waals surface area contributed by atoms with E-state index in [2.05, 4.69) is 20.4 Å². The molecule has 0 aromatic rings. The van der Waals surface area contributed by atoms with Crippen LogP contribution in [0.4, 0.5) is 0 Å². The summed E-state index contributed by atoms with van der Waals surface area (Å²) in [5.41, 5.74) is 1.27. The van der Waals surface area contributed by atoms with Crippen molar-refractivity contribution in [3.05, 3.63) is 12.2 Å². The topological polar surface area (TPSA) is 38.7 Å². The summed E-state index contributed by atoms with van der Waals surface area (Å²) in [6, 6.07) is 0. The number of allylic oxidation sites excluding steroid dienone is 1. The van der Waals surface area contributed by atoms with E-state index < -0.39 is 12.4 Å². The summed E-state index contributed by atoms with van der Waals surface area (Å²) in [5.74, 6) is 0.475. The van der Waals surface area contributed by atoms with Gasteiger partial charge in [0.05, 0.1) is 6.10 Å². The van der Waals surface area contributed by atoms with Crippen molar-refractivity contribution in [3.63, 3.8) is 0 Å². The Hall–Kier alpha value is -0.380. The molecule has 1 fully saturated rings. The van der Waals surface area contributed by atoms with Gasteiger partial charge in [0.25, 0.3) is 0 Å². The molecule has 1 aliphatic heterocycles. The Morgan fingerprint density at radius 2 is 2.25 bits per heavy atom. The van der Waals surface area contributed by atoms with Gasteiger partial charge in [0.2, 0.25) is 0 Å². The molecule has 0 amide bonds. The second-order valence-corrected chi connectivity index (χ2v) is 4.66. The highest BCUT2D eigenvalue weighted by atomic mass is 16.7. The standard InChI is InChI=1S/C13H24O3/c1-5-9(2)10(3)8-11-6-7-12(14)13(15-4)16-11/h10-14H,2,5-8H2,1,3-4H3. The number of hydrogen-bond acceptors (Lipinski definition) is 3. The Morgan fingerprint density at radius 3 is 2.81 bits per heavy atom. The average molecular weight is 228 g/mol. The molecule has 0 spiro atoms. The fraction of sp³-hybridized carbons (Fsp3) is 0.846. The molecule has 16 heavy (non-hydrogen) atoms. The van der Waals surface area contributed by atoms with E-state index in [1.54, 1.807) is 7.11 Å². The first-order valence-electron chi connectivity index (χ1n) is 6.12. The zero-order chi connectivity index (χ0) is 12.1. The highest BCUT2D eigenvalue weighted by molar-refractivity contribution is 4.98. The number of methoxy groups -OCH3 is 1. The molecular formula is C13H24O3. The molecule has 1 rings (SSSR count). The van der Waals surface area contributed by atoms with E-state index in [1.165, 1.54) is 5.57 Å². The highest BCUT2D eigenvalue weighted by Crippen LogP contribution is 2.27. The van der Waals surface area contributed by atoms with Crippen LogP contribution in [-0.2, 0) is 9.47 Å². The van der Waals surface area contributed by atoms with E-state index >= 15 is 0 Å². The van der Waals surface area contributed by atoms with Gasteiger partial charge in [-0.2, -0.15) is 0 Å². The van der Waals surface area contributed by atoms with Gasteiger partial charge < -0.3 is 14.6 Å². The van der Waals surface area contributed by atoms with E-state index in [-0.39, 0.29) is 6.10 Å². The van der Waals surface area contributed by atoms with Crippen molar-refractivity contribution in [1.82, 2.24) is 0 Å². The van der Waals surface area contributed by atoms with Crippen molar-refractivity contribution in [2.75, 3.05) is 7.11 Å². The van der Waals surface area contributed by atoms with Gasteiger partial charge in [-0.05, 0) is 31.6 Å². The molecule has 4 atom stereocenters. The molecule has 0 radical (unpaired) electrons. The monoisotopic (exact) mass is 228 g/mol. The largest absolute Gasteiger partial charge is 0.388 e. The lowest BCUT2D eigenvalue weighted by Gasteiger charge is -2.34. The van der Waals surface area contributed by atoms with Gasteiger partial charge in [-0.3, -0.25) is 0 Å². The number of aliphatic hydroxyl groups excluding tert-OH is 1. The summed E-state index contributed by atoms with van der Waals surface area (Å²) < 4.78 is 10.8. The molecule has 1 aliphatic rings. The van der Waals surface area contributed by atoms with Gasteiger partial charge in [-0.1, -0.05) is 26.0 Å². The third-order valence-electron chi connectivity index (χ3n) is 3.42. The Balaban J connectivity index is 2.41. The zero-order valence-electron chi connectivity index (χ0n) is 10.6. The second kappa shape index (κ2) is 6.38. The smallest absolute Gasteiger partial charge is 0.183 e. The number of rotatable bonds is 5. The Labute approximate surface area is 98.4 Å². The van der Waals surface area contributed by atoms with Crippen LogP contribution >= 0.6 is 0 Å². The lowest BCUT2D eigenvalue weighted by Crippen LogP contribution is -2.40. The second-order valence-electron chi connectivity index (χ2n) is 4.66. The van der Waals surface area contributed by atoms with Crippen molar-refractivity contribution in [1.29, 1.82) is 0 Å². The summed E-state index contributed by atoms with van der Waals surface area (Å²) in [6.45, 7) is 8.37. The summed E-state index contributed by atoms with van der Waals surface area (Å²) in [6.07, 6.45) is 2.90. The number of ether oxygens (including phenoxy) is 2. The van der Waals surface area contributed by atoms with E-state index in [0.717, 1.165) is 25.7 Å². The van der Waals surface area contributed by atoms with Crippen LogP contribution in [-0.4, -0.2) is 30.7 Å². The first kappa shape index (κ1) is 13.7. The van der Waals surface area contributed by atoms with Gasteiger partial charge >= 0.3 is 0 Å². The van der Waals surface area contributed by atoms with Crippen LogP contribution in [0.1, 0.15) is 39.5 Å². The normalized spacial score (nSPS) is 32.4. The molecule has 4 unspecified atom stereocenters. The molecule has 0 saturated carbocycles. The van der Waals surface area contributed by atoms with Gasteiger partial charge in [0.15, 0.2) is 6.29 Å². The average Bonchev–Trinajstić information content (AvgIpc) is 2.30. The van der Waals surface area contributed by atoms with Crippen molar-refractivity contribution in [2.45, 2.75) is 58.0 Å². The van der Waals surface area contributed by atoms with Crippen LogP contribution in [0.25, 0.3) is 0 Å². The van der Waals surface area contributed by atoms with Gasteiger partial charge in [-0.25, -0.2) is 0 Å². The molecule has 1 N–H and O–H groups in total. The van der Waals surface area contributed by atoms with E-state index in [9.17, 15) is 5.11 Å². The first-order valence-corrected chi connectivity index (χ1v) is 6.12. The number of aliphatic hydroxyl groups is 1. The van der Waals surface area contributed by atoms with Crippen molar-refractivity contribution in [2.24, 2.45) is 5.92 Å². The van der Waals surface area contributed by atoms with Crippen LogP contribution in [0.15, 0.2) is 12.2 Å². The molecule has 0 aliphatic carbocycles. The van der Waals surface area contributed by atoms with Gasteiger partial charge in [0.1, 0.15) is 6.10 Å². The molecule has 94 valence electrons. The maximum absolute atomic E-state index is 9.61. The summed E-state index contributed by atoms with van der Waals surface area (Å²) >= 11 is 0. The van der Waals surface area contributed by atoms with Crippen LogP contribution in [0.5, 0.6) is 0 Å². The van der Waals surface area contributed by atoms with Crippen LogP contribution in [0.3, 0.4) is 0 Å². The molecular weight excluding hydrogens is 204 g/mol. The minimum absolute atomic E-state index is 0.187. The molecule has 3 nitrogen and oxygen atoms in total. The third kappa shape index (κ3) is 3.58. The predicted octanol–water partition coefficient (Wildman–Crippen LogP) is 2.49. The SMILES string of the molecule is C=C(CC)C(C)CC1CCC(O)C(OC)O1. The highest BCUT2D eigenvalue weighted by Gasteiger charge is 2.30. The van der Waals surface area contributed by atoms with E-state index in [1.807, 2.05) is 0 Å². The van der Waals surface area contributed by atoms with Crippen molar-refractivity contribution >= 4 is 0 Å². The van der Waals surface area contributed by atoms with E-state index in [0.29, 0.717) is 5.92 Å². The Bertz CT molecular complexity index is 227. The van der Waals surface area contributed by atoms with Crippen molar-refractivity contribution < 1.29 is 14.6 Å². The lowest BCUT2D eigenvalue weighted by atomic mass is 9.91.